The standard InChI is InChI=1S/C26H31N3O3S2/c1-2-17-7-5-11-21-18(14-28(24(17)21)16-23(30)27-19-8-3-4-9-19)13-22-25(31)29(26(33)34-22)15-20-10-6-12-32-20/h5,7,11,13-14,19-20H,2-4,6,8-10,12,15-16H2,1H3,(H,27,30)/b22-13-/t20-/m0/s1. The Hall–Kier alpha value is -2.16. The summed E-state index contributed by atoms with van der Waals surface area (Å²) in [5.41, 5.74) is 3.20. The van der Waals surface area contributed by atoms with Gasteiger partial charge in [0.1, 0.15) is 10.9 Å². The zero-order valence-corrected chi connectivity index (χ0v) is 21.2. The van der Waals surface area contributed by atoms with Gasteiger partial charge in [-0.3, -0.25) is 14.5 Å². The van der Waals surface area contributed by atoms with Crippen LogP contribution >= 0.6 is 24.0 Å². The first-order valence-electron chi connectivity index (χ1n) is 12.3. The second-order valence-corrected chi connectivity index (χ2v) is 11.0. The third kappa shape index (κ3) is 4.81. The van der Waals surface area contributed by atoms with Gasteiger partial charge in [0.25, 0.3) is 5.91 Å². The van der Waals surface area contributed by atoms with Crippen molar-refractivity contribution >= 4 is 57.1 Å². The van der Waals surface area contributed by atoms with Gasteiger partial charge in [-0.15, -0.1) is 0 Å². The molecule has 2 saturated heterocycles. The molecule has 6 nitrogen and oxygen atoms in total. The van der Waals surface area contributed by atoms with Crippen molar-refractivity contribution in [1.82, 2.24) is 14.8 Å². The van der Waals surface area contributed by atoms with Gasteiger partial charge in [0.15, 0.2) is 0 Å². The first-order chi connectivity index (χ1) is 16.5. The Morgan fingerprint density at radius 1 is 1.26 bits per heavy atom. The van der Waals surface area contributed by atoms with Crippen molar-refractivity contribution in [2.24, 2.45) is 0 Å². The number of rotatable bonds is 7. The van der Waals surface area contributed by atoms with E-state index in [9.17, 15) is 9.59 Å². The molecule has 1 atom stereocenters. The summed E-state index contributed by atoms with van der Waals surface area (Å²) in [7, 11) is 0. The summed E-state index contributed by atoms with van der Waals surface area (Å²) in [6.07, 6.45) is 11.4. The highest BCUT2D eigenvalue weighted by Crippen LogP contribution is 2.36. The predicted molar refractivity (Wildman–Crippen MR) is 141 cm³/mol. The van der Waals surface area contributed by atoms with E-state index in [1.54, 1.807) is 4.90 Å². The molecule has 3 heterocycles. The molecule has 8 heteroatoms. The highest BCUT2D eigenvalue weighted by atomic mass is 32.2. The van der Waals surface area contributed by atoms with Crippen molar-refractivity contribution < 1.29 is 14.3 Å². The lowest BCUT2D eigenvalue weighted by Crippen LogP contribution is -2.35. The van der Waals surface area contributed by atoms with Crippen LogP contribution in [0.2, 0.25) is 0 Å². The number of nitrogens with zero attached hydrogens (tertiary/aromatic N) is 2. The van der Waals surface area contributed by atoms with Crippen LogP contribution < -0.4 is 5.32 Å². The summed E-state index contributed by atoms with van der Waals surface area (Å²) >= 11 is 6.87. The molecular weight excluding hydrogens is 466 g/mol. The van der Waals surface area contributed by atoms with Crippen LogP contribution in [0.3, 0.4) is 0 Å². The summed E-state index contributed by atoms with van der Waals surface area (Å²) in [6.45, 7) is 3.67. The molecule has 5 rings (SSSR count). The number of fused-ring (bicyclic) bond motifs is 1. The highest BCUT2D eigenvalue weighted by molar-refractivity contribution is 8.26. The number of carbonyl (C=O) groups excluding carboxylic acids is 2. The normalized spacial score (nSPS) is 22.6. The summed E-state index contributed by atoms with van der Waals surface area (Å²) in [6, 6.07) is 6.52. The lowest BCUT2D eigenvalue weighted by Gasteiger charge is -2.18. The summed E-state index contributed by atoms with van der Waals surface area (Å²) in [5, 5.41) is 4.25. The van der Waals surface area contributed by atoms with Crippen LogP contribution in [0.5, 0.6) is 0 Å². The number of carbonyl (C=O) groups is 2. The summed E-state index contributed by atoms with van der Waals surface area (Å²) < 4.78 is 8.34. The van der Waals surface area contributed by atoms with Crippen LogP contribution in [0.1, 0.15) is 56.6 Å². The zero-order valence-electron chi connectivity index (χ0n) is 19.5. The number of hydrogen-bond donors (Lipinski definition) is 1. The van der Waals surface area contributed by atoms with Crippen LogP contribution in [0.4, 0.5) is 0 Å². The molecule has 1 saturated carbocycles. The fourth-order valence-electron chi connectivity index (χ4n) is 5.28. The monoisotopic (exact) mass is 497 g/mol. The molecule has 0 radical (unpaired) electrons. The Morgan fingerprint density at radius 3 is 2.82 bits per heavy atom. The maximum atomic E-state index is 13.2. The molecule has 180 valence electrons. The van der Waals surface area contributed by atoms with Gasteiger partial charge in [0, 0.05) is 29.8 Å². The van der Waals surface area contributed by atoms with Gasteiger partial charge in [-0.05, 0) is 43.7 Å². The minimum atomic E-state index is -0.0583. The van der Waals surface area contributed by atoms with Crippen molar-refractivity contribution in [3.8, 4) is 0 Å². The molecule has 0 spiro atoms. The molecule has 0 bridgehead atoms. The number of nitrogens with one attached hydrogen (secondary N) is 1. The Bertz CT molecular complexity index is 1140. The lowest BCUT2D eigenvalue weighted by molar-refractivity contribution is -0.123. The topological polar surface area (TPSA) is 63.6 Å². The lowest BCUT2D eigenvalue weighted by atomic mass is 10.1. The minimum absolute atomic E-state index is 0.0455. The molecule has 3 fully saturated rings. The molecule has 2 amide bonds. The van der Waals surface area contributed by atoms with E-state index in [-0.39, 0.29) is 24.5 Å². The minimum Gasteiger partial charge on any atom is -0.376 e. The van der Waals surface area contributed by atoms with Gasteiger partial charge in [-0.25, -0.2) is 0 Å². The molecular formula is C26H31N3O3S2. The average Bonchev–Trinajstić information content (AvgIpc) is 3.62. The van der Waals surface area contributed by atoms with Crippen LogP contribution in [-0.2, 0) is 27.3 Å². The molecule has 1 aliphatic carbocycles. The van der Waals surface area contributed by atoms with Crippen molar-refractivity contribution in [3.63, 3.8) is 0 Å². The molecule has 0 unspecified atom stereocenters. The smallest absolute Gasteiger partial charge is 0.266 e. The number of benzene rings is 1. The zero-order chi connectivity index (χ0) is 23.7. The van der Waals surface area contributed by atoms with Crippen LogP contribution in [0.15, 0.2) is 29.3 Å². The Balaban J connectivity index is 1.42. The molecule has 1 aromatic heterocycles. The van der Waals surface area contributed by atoms with Crippen LogP contribution in [0, 0.1) is 0 Å². The number of aromatic nitrogens is 1. The van der Waals surface area contributed by atoms with E-state index in [2.05, 4.69) is 24.4 Å². The molecule has 2 aromatic rings. The predicted octanol–water partition coefficient (Wildman–Crippen LogP) is 4.64. The number of para-hydroxylation sites is 1. The maximum Gasteiger partial charge on any atom is 0.266 e. The van der Waals surface area contributed by atoms with E-state index in [4.69, 9.17) is 17.0 Å². The number of aryl methyl sites for hydroxylation is 1. The van der Waals surface area contributed by atoms with Crippen LogP contribution in [-0.4, -0.2) is 50.9 Å². The van der Waals surface area contributed by atoms with Gasteiger partial charge < -0.3 is 14.6 Å². The highest BCUT2D eigenvalue weighted by Gasteiger charge is 2.34. The average molecular weight is 498 g/mol. The number of hydrogen-bond acceptors (Lipinski definition) is 5. The van der Waals surface area contributed by atoms with E-state index in [0.717, 1.165) is 55.2 Å². The van der Waals surface area contributed by atoms with E-state index in [0.29, 0.717) is 21.8 Å². The van der Waals surface area contributed by atoms with E-state index < -0.39 is 0 Å². The van der Waals surface area contributed by atoms with E-state index in [1.807, 2.05) is 22.9 Å². The van der Waals surface area contributed by atoms with E-state index in [1.165, 1.54) is 30.2 Å². The molecule has 2 aliphatic heterocycles. The van der Waals surface area contributed by atoms with E-state index >= 15 is 0 Å². The maximum absolute atomic E-state index is 13.2. The number of thioether (sulfide) groups is 1. The van der Waals surface area contributed by atoms with Crippen molar-refractivity contribution in [3.05, 3.63) is 40.4 Å². The van der Waals surface area contributed by atoms with Gasteiger partial charge in [0.2, 0.25) is 5.91 Å². The molecule has 1 aromatic carbocycles. The Kier molecular flexibility index (Phi) is 7.09. The van der Waals surface area contributed by atoms with Gasteiger partial charge >= 0.3 is 0 Å². The third-order valence-corrected chi connectivity index (χ3v) is 8.38. The summed E-state index contributed by atoms with van der Waals surface area (Å²) in [5.74, 6) is -0.0128. The third-order valence-electron chi connectivity index (χ3n) is 7.00. The second kappa shape index (κ2) is 10.2. The molecule has 1 N–H and O–H groups in total. The van der Waals surface area contributed by atoms with Gasteiger partial charge in [-0.1, -0.05) is 61.9 Å². The number of ether oxygens (including phenoxy) is 1. The SMILES string of the molecule is CCc1cccc2c(/C=C3\SC(=S)N(C[C@@H]4CCCO4)C3=O)cn(CC(=O)NC3CCCC3)c12. The fraction of sp³-hybridized carbons (Fsp3) is 0.500. The first-order valence-corrected chi connectivity index (χ1v) is 13.5. The number of thiocarbonyl (C=S) groups is 1. The van der Waals surface area contributed by atoms with Crippen molar-refractivity contribution in [2.45, 2.75) is 70.6 Å². The molecule has 34 heavy (non-hydrogen) atoms. The quantitative estimate of drug-likeness (QED) is 0.446. The molecule has 3 aliphatic rings. The summed E-state index contributed by atoms with van der Waals surface area (Å²) in [4.78, 5) is 28.3. The Labute approximate surface area is 210 Å². The Morgan fingerprint density at radius 2 is 2.09 bits per heavy atom. The first kappa shape index (κ1) is 23.6. The van der Waals surface area contributed by atoms with Crippen molar-refractivity contribution in [2.75, 3.05) is 13.2 Å². The largest absolute Gasteiger partial charge is 0.376 e. The van der Waals surface area contributed by atoms with Crippen LogP contribution in [0.25, 0.3) is 17.0 Å². The number of amides is 2. The second-order valence-electron chi connectivity index (χ2n) is 9.36. The van der Waals surface area contributed by atoms with Crippen molar-refractivity contribution in [1.29, 1.82) is 0 Å². The fourth-order valence-corrected chi connectivity index (χ4v) is 6.55. The van der Waals surface area contributed by atoms with Gasteiger partial charge in [-0.2, -0.15) is 0 Å². The van der Waals surface area contributed by atoms with Gasteiger partial charge in [0.05, 0.1) is 23.1 Å².